The van der Waals surface area contributed by atoms with Gasteiger partial charge in [0.15, 0.2) is 0 Å². The number of carbonyl (C=O) groups excluding carboxylic acids is 1. The largest absolute Gasteiger partial charge is 0.400 e. The van der Waals surface area contributed by atoms with Gasteiger partial charge in [-0.3, -0.25) is 9.80 Å². The highest BCUT2D eigenvalue weighted by atomic mass is 16.1. The number of H-pyrrole nitrogens is 1. The number of piperidine rings is 1. The lowest BCUT2D eigenvalue weighted by molar-refractivity contribution is -0.123. The van der Waals surface area contributed by atoms with E-state index < -0.39 is 0 Å². The third-order valence-electron chi connectivity index (χ3n) is 5.99. The molecule has 8 heteroatoms. The first kappa shape index (κ1) is 20.4. The Labute approximate surface area is 166 Å². The Balaban J connectivity index is 0.000000192. The standard InChI is InChI=1S/C13H19N5.C7H14N2O/c14-11(9-4-2-1-3-5-9)12-10-6-7-16-13(10)17-8-18(12)15;1-9-4-2-6(3-5-9)7(8)10/h6-9,16H,1-5,14-15H2;6H,2-5H2,1H3,(H2,8,10)/b12-11-;. The Bertz CT molecular complexity index is 725. The Morgan fingerprint density at radius 2 is 1.79 bits per heavy atom. The van der Waals surface area contributed by atoms with E-state index in [1.165, 1.54) is 32.1 Å². The molecule has 0 radical (unpaired) electrons. The summed E-state index contributed by atoms with van der Waals surface area (Å²) in [7, 11) is 2.07. The molecule has 1 amide bonds. The van der Waals surface area contributed by atoms with E-state index in [1.54, 1.807) is 11.3 Å². The summed E-state index contributed by atoms with van der Waals surface area (Å²) in [5, 5.41) is 1.54. The number of amides is 1. The molecule has 1 saturated carbocycles. The minimum absolute atomic E-state index is 0.131. The van der Waals surface area contributed by atoms with Gasteiger partial charge in [0.05, 0.1) is 5.70 Å². The number of hydrazine groups is 1. The normalized spacial score (nSPS) is 23.0. The van der Waals surface area contributed by atoms with E-state index >= 15 is 0 Å². The molecule has 2 aliphatic heterocycles. The van der Waals surface area contributed by atoms with Crippen molar-refractivity contribution in [3.63, 3.8) is 0 Å². The van der Waals surface area contributed by atoms with Crippen LogP contribution in [0.4, 0.5) is 5.82 Å². The fourth-order valence-corrected chi connectivity index (χ4v) is 4.18. The fraction of sp³-hybridized carbons (Fsp3) is 0.600. The van der Waals surface area contributed by atoms with Crippen LogP contribution in [0.25, 0.3) is 5.70 Å². The number of hydrogen-bond donors (Lipinski definition) is 4. The number of nitrogens with two attached hydrogens (primary N) is 3. The van der Waals surface area contributed by atoms with Gasteiger partial charge in [0.25, 0.3) is 0 Å². The van der Waals surface area contributed by atoms with Crippen molar-refractivity contribution in [2.45, 2.75) is 44.9 Å². The molecule has 0 atom stereocenters. The summed E-state index contributed by atoms with van der Waals surface area (Å²) in [6.45, 7) is 2.02. The van der Waals surface area contributed by atoms with Gasteiger partial charge in [-0.2, -0.15) is 0 Å². The predicted octanol–water partition coefficient (Wildman–Crippen LogP) is 1.88. The highest BCUT2D eigenvalue weighted by Gasteiger charge is 2.25. The van der Waals surface area contributed by atoms with Gasteiger partial charge in [0.2, 0.25) is 5.91 Å². The van der Waals surface area contributed by atoms with Gasteiger partial charge in [0.1, 0.15) is 12.2 Å². The van der Waals surface area contributed by atoms with Crippen LogP contribution in [0.15, 0.2) is 23.0 Å². The second-order valence-electron chi connectivity index (χ2n) is 8.01. The van der Waals surface area contributed by atoms with Crippen LogP contribution >= 0.6 is 0 Å². The van der Waals surface area contributed by atoms with Gasteiger partial charge < -0.3 is 21.4 Å². The molecule has 0 spiro atoms. The fourth-order valence-electron chi connectivity index (χ4n) is 4.18. The summed E-state index contributed by atoms with van der Waals surface area (Å²) in [6, 6.07) is 1.98. The Morgan fingerprint density at radius 1 is 1.11 bits per heavy atom. The Morgan fingerprint density at radius 3 is 2.43 bits per heavy atom. The Kier molecular flexibility index (Phi) is 6.74. The van der Waals surface area contributed by atoms with Crippen LogP contribution in [0, 0.1) is 11.8 Å². The molecule has 3 aliphatic rings. The molecular formula is C20H33N7O. The summed E-state index contributed by atoms with van der Waals surface area (Å²) in [4.78, 5) is 20.2. The Hall–Kier alpha value is -2.32. The number of nitrogens with one attached hydrogen (secondary N) is 1. The summed E-state index contributed by atoms with van der Waals surface area (Å²) >= 11 is 0. The highest BCUT2D eigenvalue weighted by molar-refractivity contribution is 5.86. The van der Waals surface area contributed by atoms with Crippen LogP contribution in [-0.2, 0) is 4.79 Å². The van der Waals surface area contributed by atoms with E-state index in [0.29, 0.717) is 5.92 Å². The first-order valence-corrected chi connectivity index (χ1v) is 10.2. The smallest absolute Gasteiger partial charge is 0.220 e. The molecule has 3 heterocycles. The highest BCUT2D eigenvalue weighted by Crippen LogP contribution is 2.36. The lowest BCUT2D eigenvalue weighted by Gasteiger charge is -2.28. The average Bonchev–Trinajstić information content (AvgIpc) is 3.17. The van der Waals surface area contributed by atoms with E-state index in [1.807, 2.05) is 12.3 Å². The first-order valence-electron chi connectivity index (χ1n) is 10.2. The lowest BCUT2D eigenvalue weighted by atomic mass is 9.85. The van der Waals surface area contributed by atoms with Gasteiger partial charge in [0, 0.05) is 29.3 Å². The molecule has 0 unspecified atom stereocenters. The van der Waals surface area contributed by atoms with E-state index in [4.69, 9.17) is 17.3 Å². The number of hydrogen-bond acceptors (Lipinski definition) is 6. The van der Waals surface area contributed by atoms with Crippen molar-refractivity contribution in [1.29, 1.82) is 0 Å². The van der Waals surface area contributed by atoms with Crippen molar-refractivity contribution in [3.8, 4) is 0 Å². The summed E-state index contributed by atoms with van der Waals surface area (Å²) in [5.74, 6) is 7.29. The third-order valence-corrected chi connectivity index (χ3v) is 5.99. The summed E-state index contributed by atoms with van der Waals surface area (Å²) in [6.07, 6.45) is 11.5. The quantitative estimate of drug-likeness (QED) is 0.576. The number of aromatic nitrogens is 1. The molecule has 1 aromatic heterocycles. The summed E-state index contributed by atoms with van der Waals surface area (Å²) in [5.41, 5.74) is 14.3. The molecule has 7 N–H and O–H groups in total. The van der Waals surface area contributed by atoms with Crippen molar-refractivity contribution in [3.05, 3.63) is 23.5 Å². The van der Waals surface area contributed by atoms with E-state index in [0.717, 1.165) is 48.7 Å². The van der Waals surface area contributed by atoms with Crippen molar-refractivity contribution >= 4 is 23.8 Å². The van der Waals surface area contributed by atoms with E-state index in [-0.39, 0.29) is 11.8 Å². The molecule has 0 bridgehead atoms. The van der Waals surface area contributed by atoms with Crippen LogP contribution in [0.1, 0.15) is 50.5 Å². The number of likely N-dealkylation sites (tertiary alicyclic amines) is 1. The predicted molar refractivity (Wildman–Crippen MR) is 112 cm³/mol. The molecule has 1 saturated heterocycles. The molecule has 154 valence electrons. The van der Waals surface area contributed by atoms with E-state index in [9.17, 15) is 4.79 Å². The van der Waals surface area contributed by atoms with Gasteiger partial charge in [-0.15, -0.1) is 0 Å². The number of carbonyl (C=O) groups is 1. The zero-order valence-electron chi connectivity index (χ0n) is 16.7. The van der Waals surface area contributed by atoms with Crippen LogP contribution < -0.4 is 17.3 Å². The van der Waals surface area contributed by atoms with Gasteiger partial charge in [-0.1, -0.05) is 19.3 Å². The number of rotatable bonds is 2. The molecule has 1 aromatic rings. The van der Waals surface area contributed by atoms with Crippen molar-refractivity contribution in [1.82, 2.24) is 14.9 Å². The van der Waals surface area contributed by atoms with Gasteiger partial charge in [-0.05, 0) is 51.9 Å². The minimum Gasteiger partial charge on any atom is -0.400 e. The summed E-state index contributed by atoms with van der Waals surface area (Å²) < 4.78 is 0. The maximum Gasteiger partial charge on any atom is 0.220 e. The first-order chi connectivity index (χ1) is 13.5. The van der Waals surface area contributed by atoms with Crippen LogP contribution in [0.2, 0.25) is 0 Å². The molecule has 1 aliphatic carbocycles. The number of primary amides is 1. The average molecular weight is 388 g/mol. The molecular weight excluding hydrogens is 354 g/mol. The zero-order valence-corrected chi connectivity index (χ0v) is 16.7. The molecule has 28 heavy (non-hydrogen) atoms. The number of aliphatic imine (C=N–C) groups is 1. The van der Waals surface area contributed by atoms with Crippen LogP contribution in [-0.4, -0.2) is 47.3 Å². The SMILES string of the molecule is CN1CCC(C(N)=O)CC1.N/C(=C1/c2cc[nH]c2N=CN1N)C1CCCCC1. The maximum atomic E-state index is 10.7. The monoisotopic (exact) mass is 387 g/mol. The van der Waals surface area contributed by atoms with Gasteiger partial charge >= 0.3 is 0 Å². The van der Waals surface area contributed by atoms with Crippen molar-refractivity contribution in [2.75, 3.05) is 20.1 Å². The molecule has 0 aromatic carbocycles. The zero-order chi connectivity index (χ0) is 20.1. The van der Waals surface area contributed by atoms with Crippen LogP contribution in [0.5, 0.6) is 0 Å². The van der Waals surface area contributed by atoms with Crippen molar-refractivity contribution in [2.24, 2.45) is 34.1 Å². The molecule has 2 fully saturated rings. The number of nitrogens with zero attached hydrogens (tertiary/aromatic N) is 3. The molecule has 4 rings (SSSR count). The van der Waals surface area contributed by atoms with Crippen molar-refractivity contribution < 1.29 is 4.79 Å². The number of allylic oxidation sites excluding steroid dienone is 1. The number of fused-ring (bicyclic) bond motifs is 1. The topological polar surface area (TPSA) is 130 Å². The van der Waals surface area contributed by atoms with Gasteiger partial charge in [-0.25, -0.2) is 10.8 Å². The minimum atomic E-state index is -0.131. The second kappa shape index (κ2) is 9.25. The second-order valence-corrected chi connectivity index (χ2v) is 8.01. The van der Waals surface area contributed by atoms with Crippen LogP contribution in [0.3, 0.4) is 0 Å². The maximum absolute atomic E-state index is 10.7. The number of aromatic amines is 1. The molecule has 8 nitrogen and oxygen atoms in total. The van der Waals surface area contributed by atoms with E-state index in [2.05, 4.69) is 21.9 Å². The lowest BCUT2D eigenvalue weighted by Crippen LogP contribution is -2.36. The third kappa shape index (κ3) is 4.74.